The molecular formula is C10H8ClN3O3. The Morgan fingerprint density at radius 3 is 2.88 bits per heavy atom. The minimum absolute atomic E-state index is 0.0669. The summed E-state index contributed by atoms with van der Waals surface area (Å²) in [6, 6.07) is 4.62. The molecule has 0 unspecified atom stereocenters. The van der Waals surface area contributed by atoms with Crippen LogP contribution in [0.25, 0.3) is 0 Å². The van der Waals surface area contributed by atoms with Crippen molar-refractivity contribution in [3.63, 3.8) is 0 Å². The number of ether oxygens (including phenoxy) is 1. The monoisotopic (exact) mass is 253 g/mol. The average Bonchev–Trinajstić information content (AvgIpc) is 2.63. The van der Waals surface area contributed by atoms with Gasteiger partial charge in [0.15, 0.2) is 0 Å². The zero-order valence-electron chi connectivity index (χ0n) is 8.79. The van der Waals surface area contributed by atoms with Crippen LogP contribution in [-0.2, 0) is 7.05 Å². The molecular weight excluding hydrogens is 246 g/mol. The predicted molar refractivity (Wildman–Crippen MR) is 59.5 cm³/mol. The summed E-state index contributed by atoms with van der Waals surface area (Å²) in [5.41, 5.74) is -0.110. The quantitative estimate of drug-likeness (QED) is 0.905. The summed E-state index contributed by atoms with van der Waals surface area (Å²) in [5.74, 6) is -1.06. The standard InChI is InChI=1S/C10H8ClN3O3/c1-14-5-12-10(13-14)17-7-4-2-3-6(11)8(7)9(15)16/h2-5H,1H3,(H,15,16). The van der Waals surface area contributed by atoms with E-state index >= 15 is 0 Å². The third-order valence-electron chi connectivity index (χ3n) is 1.97. The molecule has 0 bridgehead atoms. The summed E-state index contributed by atoms with van der Waals surface area (Å²) in [5, 5.41) is 13.0. The van der Waals surface area contributed by atoms with Gasteiger partial charge in [-0.2, -0.15) is 4.98 Å². The Morgan fingerprint density at radius 1 is 1.53 bits per heavy atom. The number of carboxylic acid groups (broad SMARTS) is 1. The van der Waals surface area contributed by atoms with Gasteiger partial charge < -0.3 is 9.84 Å². The number of benzene rings is 1. The van der Waals surface area contributed by atoms with E-state index in [9.17, 15) is 4.79 Å². The fraction of sp³-hybridized carbons (Fsp3) is 0.100. The number of aromatic nitrogens is 3. The lowest BCUT2D eigenvalue weighted by Crippen LogP contribution is -2.01. The molecule has 1 aromatic carbocycles. The molecule has 0 amide bonds. The topological polar surface area (TPSA) is 77.2 Å². The van der Waals surface area contributed by atoms with Crippen molar-refractivity contribution in [2.24, 2.45) is 7.05 Å². The molecule has 1 aromatic heterocycles. The van der Waals surface area contributed by atoms with Crippen LogP contribution in [0.2, 0.25) is 5.02 Å². The first kappa shape index (κ1) is 11.4. The van der Waals surface area contributed by atoms with E-state index in [1.165, 1.54) is 23.1 Å². The van der Waals surface area contributed by atoms with Gasteiger partial charge in [0.1, 0.15) is 17.6 Å². The summed E-state index contributed by atoms with van der Waals surface area (Å²) in [6.07, 6.45) is 1.44. The van der Waals surface area contributed by atoms with E-state index in [1.54, 1.807) is 13.1 Å². The first-order valence-corrected chi connectivity index (χ1v) is 5.01. The van der Waals surface area contributed by atoms with Crippen LogP contribution in [0.3, 0.4) is 0 Å². The molecule has 2 aromatic rings. The van der Waals surface area contributed by atoms with Crippen LogP contribution >= 0.6 is 11.6 Å². The third kappa shape index (κ3) is 2.36. The van der Waals surface area contributed by atoms with Gasteiger partial charge in [0.2, 0.25) is 0 Å². The van der Waals surface area contributed by atoms with Gasteiger partial charge in [-0.15, -0.1) is 5.10 Å². The van der Waals surface area contributed by atoms with Crippen molar-refractivity contribution in [3.05, 3.63) is 35.1 Å². The van der Waals surface area contributed by atoms with E-state index in [2.05, 4.69) is 10.1 Å². The molecule has 1 N–H and O–H groups in total. The molecule has 0 aliphatic heterocycles. The van der Waals surface area contributed by atoms with E-state index in [4.69, 9.17) is 21.4 Å². The number of rotatable bonds is 3. The van der Waals surface area contributed by atoms with Crippen molar-refractivity contribution in [2.45, 2.75) is 0 Å². The summed E-state index contributed by atoms with van der Waals surface area (Å²) in [7, 11) is 1.68. The normalized spacial score (nSPS) is 10.2. The fourth-order valence-corrected chi connectivity index (χ4v) is 1.51. The number of aryl methyl sites for hydroxylation is 1. The Balaban J connectivity index is 2.39. The molecule has 0 saturated carbocycles. The van der Waals surface area contributed by atoms with Gasteiger partial charge in [0, 0.05) is 7.05 Å². The zero-order valence-corrected chi connectivity index (χ0v) is 9.55. The second kappa shape index (κ2) is 4.42. The van der Waals surface area contributed by atoms with Crippen LogP contribution in [0.15, 0.2) is 24.5 Å². The second-order valence-electron chi connectivity index (χ2n) is 3.22. The van der Waals surface area contributed by atoms with Crippen molar-refractivity contribution in [1.29, 1.82) is 0 Å². The average molecular weight is 254 g/mol. The van der Waals surface area contributed by atoms with E-state index in [-0.39, 0.29) is 22.3 Å². The number of hydrogen-bond donors (Lipinski definition) is 1. The number of hydrogen-bond acceptors (Lipinski definition) is 4. The van der Waals surface area contributed by atoms with Crippen LogP contribution in [0.5, 0.6) is 11.8 Å². The van der Waals surface area contributed by atoms with Crippen molar-refractivity contribution >= 4 is 17.6 Å². The van der Waals surface area contributed by atoms with E-state index in [0.717, 1.165) is 0 Å². The minimum Gasteiger partial charge on any atom is -0.478 e. The predicted octanol–water partition coefficient (Wildman–Crippen LogP) is 1.96. The van der Waals surface area contributed by atoms with Crippen LogP contribution in [0, 0.1) is 0 Å². The highest BCUT2D eigenvalue weighted by Crippen LogP contribution is 2.28. The largest absolute Gasteiger partial charge is 0.478 e. The third-order valence-corrected chi connectivity index (χ3v) is 2.28. The van der Waals surface area contributed by atoms with E-state index in [0.29, 0.717) is 0 Å². The maximum absolute atomic E-state index is 11.0. The van der Waals surface area contributed by atoms with Gasteiger partial charge in [-0.3, -0.25) is 4.68 Å². The summed E-state index contributed by atoms with van der Waals surface area (Å²) in [6.45, 7) is 0. The Morgan fingerprint density at radius 2 is 2.29 bits per heavy atom. The number of halogens is 1. The molecule has 2 rings (SSSR count). The van der Waals surface area contributed by atoms with Crippen LogP contribution in [0.1, 0.15) is 10.4 Å². The van der Waals surface area contributed by atoms with Crippen LogP contribution < -0.4 is 4.74 Å². The molecule has 0 fully saturated rings. The summed E-state index contributed by atoms with van der Waals surface area (Å²) in [4.78, 5) is 14.9. The fourth-order valence-electron chi connectivity index (χ4n) is 1.26. The van der Waals surface area contributed by atoms with Crippen LogP contribution in [0.4, 0.5) is 0 Å². The van der Waals surface area contributed by atoms with Gasteiger partial charge in [-0.25, -0.2) is 4.79 Å². The molecule has 0 aliphatic rings. The smallest absolute Gasteiger partial charge is 0.341 e. The highest BCUT2D eigenvalue weighted by molar-refractivity contribution is 6.33. The molecule has 1 heterocycles. The highest BCUT2D eigenvalue weighted by Gasteiger charge is 2.17. The maximum atomic E-state index is 11.0. The highest BCUT2D eigenvalue weighted by atomic mass is 35.5. The number of aromatic carboxylic acids is 1. The first-order chi connectivity index (χ1) is 8.08. The Labute approximate surface area is 101 Å². The molecule has 0 saturated heterocycles. The molecule has 0 atom stereocenters. The van der Waals surface area contributed by atoms with Crippen molar-refractivity contribution < 1.29 is 14.6 Å². The summed E-state index contributed by atoms with van der Waals surface area (Å²) < 4.78 is 6.71. The van der Waals surface area contributed by atoms with Gasteiger partial charge in [0.25, 0.3) is 0 Å². The van der Waals surface area contributed by atoms with Crippen molar-refractivity contribution in [2.75, 3.05) is 0 Å². The van der Waals surface area contributed by atoms with Crippen LogP contribution in [-0.4, -0.2) is 25.8 Å². The van der Waals surface area contributed by atoms with E-state index in [1.807, 2.05) is 0 Å². The maximum Gasteiger partial charge on any atom is 0.341 e. The number of carboxylic acids is 1. The van der Waals surface area contributed by atoms with Crippen molar-refractivity contribution in [3.8, 4) is 11.8 Å². The molecule has 0 spiro atoms. The lowest BCUT2D eigenvalue weighted by atomic mass is 10.2. The Bertz CT molecular complexity index is 568. The van der Waals surface area contributed by atoms with Gasteiger partial charge in [-0.05, 0) is 12.1 Å². The van der Waals surface area contributed by atoms with Crippen molar-refractivity contribution in [1.82, 2.24) is 14.8 Å². The SMILES string of the molecule is Cn1cnc(Oc2cccc(Cl)c2C(=O)O)n1. The molecule has 0 radical (unpaired) electrons. The van der Waals surface area contributed by atoms with E-state index < -0.39 is 5.97 Å². The molecule has 7 heteroatoms. The zero-order chi connectivity index (χ0) is 12.4. The summed E-state index contributed by atoms with van der Waals surface area (Å²) >= 11 is 5.79. The second-order valence-corrected chi connectivity index (χ2v) is 3.63. The lowest BCUT2D eigenvalue weighted by molar-refractivity contribution is 0.0694. The number of nitrogens with zero attached hydrogens (tertiary/aromatic N) is 3. The van der Waals surface area contributed by atoms with Gasteiger partial charge in [0.05, 0.1) is 5.02 Å². The molecule has 88 valence electrons. The number of carbonyl (C=O) groups is 1. The van der Waals surface area contributed by atoms with Gasteiger partial charge >= 0.3 is 12.0 Å². The van der Waals surface area contributed by atoms with Gasteiger partial charge in [-0.1, -0.05) is 17.7 Å². The minimum atomic E-state index is -1.17. The molecule has 6 nitrogen and oxygen atoms in total. The lowest BCUT2D eigenvalue weighted by Gasteiger charge is -2.06. The molecule has 0 aliphatic carbocycles. The Kier molecular flexibility index (Phi) is 2.97. The first-order valence-electron chi connectivity index (χ1n) is 4.63. The molecule has 17 heavy (non-hydrogen) atoms. The Hall–Kier alpha value is -2.08.